The Labute approximate surface area is 130 Å². The van der Waals surface area contributed by atoms with Gasteiger partial charge in [0.2, 0.25) is 0 Å². The van der Waals surface area contributed by atoms with Crippen molar-refractivity contribution in [2.75, 3.05) is 12.4 Å². The van der Waals surface area contributed by atoms with E-state index in [0.717, 1.165) is 6.07 Å². The van der Waals surface area contributed by atoms with Gasteiger partial charge in [0.05, 0.1) is 12.7 Å². The van der Waals surface area contributed by atoms with E-state index >= 15 is 0 Å². The van der Waals surface area contributed by atoms with Crippen LogP contribution in [0.5, 0.6) is 0 Å². The number of carbonyl (C=O) groups is 1. The molecule has 0 bridgehead atoms. The lowest BCUT2D eigenvalue weighted by atomic mass is 10.1. The molecule has 0 unspecified atom stereocenters. The number of hydrogen-bond donors (Lipinski definition) is 1. The number of benzene rings is 2. The fourth-order valence-electron chi connectivity index (χ4n) is 2.28. The summed E-state index contributed by atoms with van der Waals surface area (Å²) in [6, 6.07) is 10.2. The molecule has 1 N–H and O–H groups in total. The number of aromatic nitrogens is 1. The standard InChI is InChI=1S/C17H12F2N2O2/c1-23-17(22)10-3-2-4-12(7-10)21-15-5-6-20-16-13(15)8-11(18)9-14(16)19/h2-9H,1H3,(H,20,21). The molecule has 0 aliphatic carbocycles. The number of pyridine rings is 1. The minimum absolute atomic E-state index is 0.0699. The molecule has 0 fully saturated rings. The number of methoxy groups -OCH3 is 1. The zero-order chi connectivity index (χ0) is 16.4. The fourth-order valence-corrected chi connectivity index (χ4v) is 2.28. The highest BCUT2D eigenvalue weighted by atomic mass is 19.1. The third-order valence-electron chi connectivity index (χ3n) is 3.33. The third kappa shape index (κ3) is 2.96. The maximum Gasteiger partial charge on any atom is 0.337 e. The van der Waals surface area contributed by atoms with Gasteiger partial charge in [-0.1, -0.05) is 6.07 Å². The molecule has 1 heterocycles. The van der Waals surface area contributed by atoms with Gasteiger partial charge in [-0.05, 0) is 30.3 Å². The third-order valence-corrected chi connectivity index (χ3v) is 3.33. The molecule has 23 heavy (non-hydrogen) atoms. The van der Waals surface area contributed by atoms with Crippen LogP contribution in [0.4, 0.5) is 20.2 Å². The number of esters is 1. The number of carbonyl (C=O) groups excluding carboxylic acids is 1. The predicted molar refractivity (Wildman–Crippen MR) is 82.7 cm³/mol. The molecule has 4 nitrogen and oxygen atoms in total. The van der Waals surface area contributed by atoms with E-state index in [1.165, 1.54) is 19.4 Å². The highest BCUT2D eigenvalue weighted by molar-refractivity contribution is 5.94. The summed E-state index contributed by atoms with van der Waals surface area (Å²) >= 11 is 0. The number of ether oxygens (including phenoxy) is 1. The highest BCUT2D eigenvalue weighted by Gasteiger charge is 2.10. The smallest absolute Gasteiger partial charge is 0.337 e. The van der Waals surface area contributed by atoms with Gasteiger partial charge < -0.3 is 10.1 Å². The van der Waals surface area contributed by atoms with Crippen molar-refractivity contribution in [3.05, 3.63) is 65.9 Å². The van der Waals surface area contributed by atoms with Crippen LogP contribution in [-0.4, -0.2) is 18.1 Å². The number of nitrogens with one attached hydrogen (secondary N) is 1. The van der Waals surface area contributed by atoms with Gasteiger partial charge in [0.15, 0.2) is 5.82 Å². The molecule has 0 aliphatic heterocycles. The molecule has 3 aromatic rings. The zero-order valence-electron chi connectivity index (χ0n) is 12.1. The van der Waals surface area contributed by atoms with E-state index in [-0.39, 0.29) is 5.52 Å². The quantitative estimate of drug-likeness (QED) is 0.741. The molecule has 2 aromatic carbocycles. The second-order valence-electron chi connectivity index (χ2n) is 4.84. The molecule has 3 rings (SSSR count). The summed E-state index contributed by atoms with van der Waals surface area (Å²) in [6.07, 6.45) is 1.43. The summed E-state index contributed by atoms with van der Waals surface area (Å²) in [7, 11) is 1.30. The van der Waals surface area contributed by atoms with E-state index < -0.39 is 17.6 Å². The molecule has 116 valence electrons. The molecule has 0 radical (unpaired) electrons. The van der Waals surface area contributed by atoms with Gasteiger partial charge in [0, 0.05) is 29.0 Å². The van der Waals surface area contributed by atoms with E-state index in [1.54, 1.807) is 30.3 Å². The van der Waals surface area contributed by atoms with Crippen molar-refractivity contribution in [2.24, 2.45) is 0 Å². The second kappa shape index (κ2) is 6.00. The number of anilines is 2. The normalized spacial score (nSPS) is 10.6. The van der Waals surface area contributed by atoms with Crippen molar-refractivity contribution < 1.29 is 18.3 Å². The molecule has 0 amide bonds. The Morgan fingerprint density at radius 1 is 1.17 bits per heavy atom. The van der Waals surface area contributed by atoms with Crippen molar-refractivity contribution in [1.29, 1.82) is 0 Å². The number of fused-ring (bicyclic) bond motifs is 1. The first kappa shape index (κ1) is 14.9. The minimum atomic E-state index is -0.730. The summed E-state index contributed by atoms with van der Waals surface area (Å²) in [4.78, 5) is 15.5. The Kier molecular flexibility index (Phi) is 3.89. The van der Waals surface area contributed by atoms with E-state index in [0.29, 0.717) is 22.3 Å². The number of nitrogens with zero attached hydrogens (tertiary/aromatic N) is 1. The number of rotatable bonds is 3. The summed E-state index contributed by atoms with van der Waals surface area (Å²) in [6.45, 7) is 0. The molecule has 0 saturated heterocycles. The van der Waals surface area contributed by atoms with Crippen LogP contribution in [-0.2, 0) is 4.74 Å². The Morgan fingerprint density at radius 3 is 2.78 bits per heavy atom. The van der Waals surface area contributed by atoms with Gasteiger partial charge in [-0.25, -0.2) is 13.6 Å². The first-order chi connectivity index (χ1) is 11.1. The maximum absolute atomic E-state index is 13.8. The van der Waals surface area contributed by atoms with Crippen LogP contribution >= 0.6 is 0 Å². The monoisotopic (exact) mass is 314 g/mol. The Balaban J connectivity index is 2.04. The first-order valence-corrected chi connectivity index (χ1v) is 6.77. The molecule has 0 atom stereocenters. The summed E-state index contributed by atoms with van der Waals surface area (Å²) in [5.74, 6) is -1.88. The molecule has 1 aromatic heterocycles. The summed E-state index contributed by atoms with van der Waals surface area (Å²) < 4.78 is 31.9. The van der Waals surface area contributed by atoms with Crippen LogP contribution < -0.4 is 5.32 Å². The van der Waals surface area contributed by atoms with Crippen molar-refractivity contribution >= 4 is 28.2 Å². The zero-order valence-corrected chi connectivity index (χ0v) is 12.1. The first-order valence-electron chi connectivity index (χ1n) is 6.77. The summed E-state index contributed by atoms with van der Waals surface area (Å²) in [5, 5.41) is 3.35. The number of hydrogen-bond acceptors (Lipinski definition) is 4. The maximum atomic E-state index is 13.8. The van der Waals surface area contributed by atoms with Crippen LogP contribution in [0.25, 0.3) is 10.9 Å². The van der Waals surface area contributed by atoms with Crippen LogP contribution in [0.15, 0.2) is 48.7 Å². The average molecular weight is 314 g/mol. The van der Waals surface area contributed by atoms with Gasteiger partial charge in [-0.2, -0.15) is 0 Å². The summed E-state index contributed by atoms with van der Waals surface area (Å²) in [5.41, 5.74) is 1.51. The van der Waals surface area contributed by atoms with E-state index in [1.807, 2.05) is 0 Å². The molecule has 0 spiro atoms. The van der Waals surface area contributed by atoms with Gasteiger partial charge in [0.25, 0.3) is 0 Å². The van der Waals surface area contributed by atoms with E-state index in [2.05, 4.69) is 15.0 Å². The van der Waals surface area contributed by atoms with Gasteiger partial charge >= 0.3 is 5.97 Å². The molecular formula is C17H12F2N2O2. The SMILES string of the molecule is COC(=O)c1cccc(Nc2ccnc3c(F)cc(F)cc23)c1. The number of halogens is 2. The molecule has 0 aliphatic rings. The average Bonchev–Trinajstić information content (AvgIpc) is 2.55. The fraction of sp³-hybridized carbons (Fsp3) is 0.0588. The highest BCUT2D eigenvalue weighted by Crippen LogP contribution is 2.27. The molecule has 6 heteroatoms. The van der Waals surface area contributed by atoms with E-state index in [9.17, 15) is 13.6 Å². The topological polar surface area (TPSA) is 51.2 Å². The predicted octanol–water partition coefficient (Wildman–Crippen LogP) is 4.04. The second-order valence-corrected chi connectivity index (χ2v) is 4.84. The van der Waals surface area contributed by atoms with Crippen LogP contribution in [0.1, 0.15) is 10.4 Å². The van der Waals surface area contributed by atoms with Gasteiger partial charge in [-0.15, -0.1) is 0 Å². The van der Waals surface area contributed by atoms with Crippen molar-refractivity contribution in [3.63, 3.8) is 0 Å². The van der Waals surface area contributed by atoms with E-state index in [4.69, 9.17) is 0 Å². The van der Waals surface area contributed by atoms with Gasteiger partial charge in [-0.3, -0.25) is 4.98 Å². The van der Waals surface area contributed by atoms with Crippen molar-refractivity contribution in [2.45, 2.75) is 0 Å². The van der Waals surface area contributed by atoms with Crippen LogP contribution in [0, 0.1) is 11.6 Å². The Hall–Kier alpha value is -3.02. The van der Waals surface area contributed by atoms with Crippen LogP contribution in [0.2, 0.25) is 0 Å². The Morgan fingerprint density at radius 2 is 2.00 bits per heavy atom. The molecular weight excluding hydrogens is 302 g/mol. The largest absolute Gasteiger partial charge is 0.465 e. The lowest BCUT2D eigenvalue weighted by Crippen LogP contribution is -2.02. The van der Waals surface area contributed by atoms with Gasteiger partial charge in [0.1, 0.15) is 11.3 Å². The molecule has 0 saturated carbocycles. The minimum Gasteiger partial charge on any atom is -0.465 e. The van der Waals surface area contributed by atoms with Crippen LogP contribution in [0.3, 0.4) is 0 Å². The van der Waals surface area contributed by atoms with Crippen molar-refractivity contribution in [1.82, 2.24) is 4.98 Å². The lowest BCUT2D eigenvalue weighted by Gasteiger charge is -2.11. The lowest BCUT2D eigenvalue weighted by molar-refractivity contribution is 0.0601. The van der Waals surface area contributed by atoms with Crippen molar-refractivity contribution in [3.8, 4) is 0 Å². The Bertz CT molecular complexity index is 897.